The van der Waals surface area contributed by atoms with Gasteiger partial charge < -0.3 is 25.1 Å². The van der Waals surface area contributed by atoms with Crippen LogP contribution in [-0.4, -0.2) is 80.8 Å². The Morgan fingerprint density at radius 3 is 2.72 bits per heavy atom. The van der Waals surface area contributed by atoms with Crippen LogP contribution in [0.2, 0.25) is 0 Å². The fourth-order valence-electron chi connectivity index (χ4n) is 3.71. The summed E-state index contributed by atoms with van der Waals surface area (Å²) < 4.78 is 4.86. The third kappa shape index (κ3) is 4.92. The molecule has 13 nitrogen and oxygen atoms in total. The number of hydrazine groups is 1. The second kappa shape index (κ2) is 9.58. The molecule has 2 aliphatic heterocycles. The van der Waals surface area contributed by atoms with Gasteiger partial charge in [-0.15, -0.1) is 0 Å². The van der Waals surface area contributed by atoms with Crippen molar-refractivity contribution < 1.29 is 38.4 Å². The number of fused-ring (bicyclic) bond motifs is 1. The second-order valence-electron chi connectivity index (χ2n) is 7.59. The van der Waals surface area contributed by atoms with E-state index in [1.165, 1.54) is 11.1 Å². The molecule has 0 bridgehead atoms. The summed E-state index contributed by atoms with van der Waals surface area (Å²) in [5.41, 5.74) is -0.0295. The van der Waals surface area contributed by atoms with E-state index in [2.05, 4.69) is 15.8 Å². The van der Waals surface area contributed by atoms with Gasteiger partial charge in [-0.2, -0.15) is 0 Å². The summed E-state index contributed by atoms with van der Waals surface area (Å²) >= 11 is 0. The number of carboxylic acid groups (broad SMARTS) is 1. The molecule has 3 unspecified atom stereocenters. The normalized spacial score (nSPS) is 21.9. The molecule has 2 fully saturated rings. The first-order valence-corrected chi connectivity index (χ1v) is 10.1. The quantitative estimate of drug-likeness (QED) is 0.430. The molecule has 1 aromatic heterocycles. The molecule has 32 heavy (non-hydrogen) atoms. The highest BCUT2D eigenvalue weighted by molar-refractivity contribution is 5.99. The molecule has 0 saturated carbocycles. The molecule has 2 saturated heterocycles. The molecule has 3 rings (SSSR count). The summed E-state index contributed by atoms with van der Waals surface area (Å²) in [6.07, 6.45) is 0.295. The van der Waals surface area contributed by atoms with Crippen molar-refractivity contribution in [3.8, 4) is 0 Å². The zero-order valence-corrected chi connectivity index (χ0v) is 17.3. The number of nitrogens with zero attached hydrogens (tertiary/aromatic N) is 3. The molecule has 2 aliphatic rings. The number of carbonyl (C=O) groups is 6. The van der Waals surface area contributed by atoms with E-state index in [0.29, 0.717) is 18.5 Å². The Morgan fingerprint density at radius 2 is 2.09 bits per heavy atom. The van der Waals surface area contributed by atoms with Crippen LogP contribution in [0.4, 0.5) is 0 Å². The van der Waals surface area contributed by atoms with Crippen molar-refractivity contribution in [1.82, 2.24) is 25.8 Å². The number of hydrogen-bond acceptors (Lipinski definition) is 8. The van der Waals surface area contributed by atoms with Crippen molar-refractivity contribution in [3.63, 3.8) is 0 Å². The van der Waals surface area contributed by atoms with Gasteiger partial charge in [0.2, 0.25) is 11.8 Å². The number of carboxylic acids is 1. The van der Waals surface area contributed by atoms with Crippen LogP contribution in [0, 0.1) is 6.92 Å². The first kappa shape index (κ1) is 22.9. The zero-order valence-electron chi connectivity index (χ0n) is 17.3. The van der Waals surface area contributed by atoms with Gasteiger partial charge in [-0.3, -0.25) is 29.0 Å². The highest BCUT2D eigenvalue weighted by Gasteiger charge is 2.45. The molecule has 0 spiro atoms. The fourth-order valence-corrected chi connectivity index (χ4v) is 3.71. The first-order chi connectivity index (χ1) is 15.2. The number of nitrogens with one attached hydrogen (secondary N) is 2. The van der Waals surface area contributed by atoms with E-state index >= 15 is 0 Å². The summed E-state index contributed by atoms with van der Waals surface area (Å²) in [6, 6.07) is -2.11. The van der Waals surface area contributed by atoms with Crippen LogP contribution in [0.15, 0.2) is 10.6 Å². The summed E-state index contributed by atoms with van der Waals surface area (Å²) in [7, 11) is 0. The van der Waals surface area contributed by atoms with E-state index < -0.39 is 48.2 Å². The standard InChI is InChI=1S/C19H23N5O8/c1-10-7-13(22-32-10)17(29)21-12-4-5-15(26)23-6-2-3-14(24(23)19(12)31)18(30)20-11(9-25)8-16(27)28/h7,9,11-12,14H,2-6,8H2,1H3,(H,20,30)(H,21,29)(H,27,28). The molecule has 0 radical (unpaired) electrons. The maximum atomic E-state index is 13.3. The SMILES string of the molecule is Cc1cc(C(=O)NC2CCC(=O)N3CCCC(C(=O)NC(C=O)CC(=O)O)N3C2=O)no1. The van der Waals surface area contributed by atoms with Crippen LogP contribution in [0.1, 0.15) is 48.4 Å². The average Bonchev–Trinajstić information content (AvgIpc) is 3.16. The molecule has 0 aromatic carbocycles. The minimum atomic E-state index is -1.28. The monoisotopic (exact) mass is 449 g/mol. The highest BCUT2D eigenvalue weighted by atomic mass is 16.5. The maximum Gasteiger partial charge on any atom is 0.305 e. The molecule has 3 N–H and O–H groups in total. The van der Waals surface area contributed by atoms with Crippen molar-refractivity contribution in [1.29, 1.82) is 0 Å². The topological polar surface area (TPSA) is 179 Å². The summed E-state index contributed by atoms with van der Waals surface area (Å²) in [4.78, 5) is 73.2. The van der Waals surface area contributed by atoms with Crippen molar-refractivity contribution in [2.24, 2.45) is 0 Å². The number of rotatable bonds is 7. The lowest BCUT2D eigenvalue weighted by Crippen LogP contribution is -2.64. The number of aldehydes is 1. The van der Waals surface area contributed by atoms with E-state index in [1.54, 1.807) is 6.92 Å². The Morgan fingerprint density at radius 1 is 1.34 bits per heavy atom. The molecular weight excluding hydrogens is 426 g/mol. The third-order valence-corrected chi connectivity index (χ3v) is 5.22. The van der Waals surface area contributed by atoms with Gasteiger partial charge in [-0.1, -0.05) is 5.16 Å². The molecule has 4 amide bonds. The van der Waals surface area contributed by atoms with Gasteiger partial charge in [0.25, 0.3) is 11.8 Å². The lowest BCUT2D eigenvalue weighted by molar-refractivity contribution is -0.176. The number of hydrogen-bond donors (Lipinski definition) is 3. The van der Waals surface area contributed by atoms with Gasteiger partial charge in [-0.25, -0.2) is 5.01 Å². The van der Waals surface area contributed by atoms with Crippen LogP contribution in [0.25, 0.3) is 0 Å². The number of amides is 4. The van der Waals surface area contributed by atoms with Crippen LogP contribution in [0.5, 0.6) is 0 Å². The second-order valence-corrected chi connectivity index (χ2v) is 7.59. The molecule has 3 heterocycles. The molecule has 13 heteroatoms. The minimum Gasteiger partial charge on any atom is -0.481 e. The van der Waals surface area contributed by atoms with E-state index in [-0.39, 0.29) is 37.4 Å². The van der Waals surface area contributed by atoms with Crippen molar-refractivity contribution in [2.75, 3.05) is 6.54 Å². The van der Waals surface area contributed by atoms with E-state index in [4.69, 9.17) is 9.63 Å². The Hall–Kier alpha value is -3.77. The van der Waals surface area contributed by atoms with Gasteiger partial charge >= 0.3 is 5.97 Å². The predicted molar refractivity (Wildman–Crippen MR) is 104 cm³/mol. The van der Waals surface area contributed by atoms with Gasteiger partial charge in [-0.05, 0) is 26.2 Å². The predicted octanol–water partition coefficient (Wildman–Crippen LogP) is -1.23. The van der Waals surface area contributed by atoms with Gasteiger partial charge in [0.15, 0.2) is 5.69 Å². The maximum absolute atomic E-state index is 13.3. The van der Waals surface area contributed by atoms with E-state index in [1.807, 2.05) is 0 Å². The molecule has 0 aliphatic carbocycles. The zero-order chi connectivity index (χ0) is 23.4. The van der Waals surface area contributed by atoms with Crippen LogP contribution >= 0.6 is 0 Å². The molecule has 1 aromatic rings. The Bertz CT molecular complexity index is 944. The molecular formula is C19H23N5O8. The number of aliphatic carboxylic acids is 1. The highest BCUT2D eigenvalue weighted by Crippen LogP contribution is 2.25. The van der Waals surface area contributed by atoms with Gasteiger partial charge in [0.1, 0.15) is 24.1 Å². The molecule has 172 valence electrons. The Balaban J connectivity index is 1.80. The van der Waals surface area contributed by atoms with Gasteiger partial charge in [0.05, 0.1) is 12.5 Å². The van der Waals surface area contributed by atoms with Crippen LogP contribution < -0.4 is 10.6 Å². The Kier molecular flexibility index (Phi) is 6.85. The summed E-state index contributed by atoms with van der Waals surface area (Å²) in [6.45, 7) is 1.81. The van der Waals surface area contributed by atoms with E-state index in [9.17, 15) is 28.8 Å². The van der Waals surface area contributed by atoms with Crippen LogP contribution in [-0.2, 0) is 24.0 Å². The molecule has 3 atom stereocenters. The van der Waals surface area contributed by atoms with Crippen molar-refractivity contribution >= 4 is 35.9 Å². The van der Waals surface area contributed by atoms with E-state index in [0.717, 1.165) is 5.01 Å². The van der Waals surface area contributed by atoms with Crippen molar-refractivity contribution in [3.05, 3.63) is 17.5 Å². The fraction of sp³-hybridized carbons (Fsp3) is 0.526. The van der Waals surface area contributed by atoms with Crippen LogP contribution in [0.3, 0.4) is 0 Å². The van der Waals surface area contributed by atoms with Gasteiger partial charge in [0, 0.05) is 19.0 Å². The summed E-state index contributed by atoms with van der Waals surface area (Å²) in [5.74, 6) is -3.34. The average molecular weight is 449 g/mol. The lowest BCUT2D eigenvalue weighted by atomic mass is 10.0. The number of aromatic nitrogens is 1. The third-order valence-electron chi connectivity index (χ3n) is 5.22. The number of carbonyl (C=O) groups excluding carboxylic acids is 5. The first-order valence-electron chi connectivity index (χ1n) is 10.1. The Labute approximate surface area is 182 Å². The number of aryl methyl sites for hydroxylation is 1. The smallest absolute Gasteiger partial charge is 0.305 e. The lowest BCUT2D eigenvalue weighted by Gasteiger charge is -2.43. The largest absolute Gasteiger partial charge is 0.481 e. The summed E-state index contributed by atoms with van der Waals surface area (Å²) in [5, 5.41) is 19.5. The van der Waals surface area contributed by atoms with Crippen molar-refractivity contribution in [2.45, 2.75) is 57.2 Å². The minimum absolute atomic E-state index is 0.0254.